The molecule has 0 spiro atoms. The van der Waals surface area contributed by atoms with Gasteiger partial charge in [0.2, 0.25) is 5.95 Å². The number of hydrogen-bond donors (Lipinski definition) is 0. The molecule has 4 rings (SSSR count). The van der Waals surface area contributed by atoms with Crippen LogP contribution >= 0.6 is 11.8 Å². The van der Waals surface area contributed by atoms with Crippen LogP contribution in [0.2, 0.25) is 0 Å². The highest BCUT2D eigenvalue weighted by atomic mass is 32.2. The molecule has 3 heterocycles. The van der Waals surface area contributed by atoms with Crippen LogP contribution in [0.15, 0.2) is 29.4 Å². The fraction of sp³-hybridized carbons (Fsp3) is 0.600. The summed E-state index contributed by atoms with van der Waals surface area (Å²) in [5.41, 5.74) is 1.14. The van der Waals surface area contributed by atoms with E-state index in [2.05, 4.69) is 26.6 Å². The minimum atomic E-state index is -0.374. The molecule has 2 saturated heterocycles. The minimum absolute atomic E-state index is 0.113. The quantitative estimate of drug-likeness (QED) is 0.384. The van der Waals surface area contributed by atoms with E-state index in [4.69, 9.17) is 4.74 Å². The highest BCUT2D eigenvalue weighted by Crippen LogP contribution is 2.29. The van der Waals surface area contributed by atoms with Gasteiger partial charge in [-0.3, -0.25) is 14.7 Å². The lowest BCUT2D eigenvalue weighted by Crippen LogP contribution is -2.35. The standard InChI is InChI=1S/C20H27N5O3S/c1-15-8-10-23(11-9-15)19-21-22-20(24(19)13-18-3-2-12-28-18)29-14-16-4-6-17(7-5-16)25(26)27/h4-7,15,18H,2-3,8-14H2,1H3. The van der Waals surface area contributed by atoms with Gasteiger partial charge in [0.05, 0.1) is 17.6 Å². The van der Waals surface area contributed by atoms with Gasteiger partial charge in [-0.1, -0.05) is 30.8 Å². The average molecular weight is 418 g/mol. The Hall–Kier alpha value is -2.13. The molecule has 2 aliphatic rings. The van der Waals surface area contributed by atoms with Crippen LogP contribution < -0.4 is 4.90 Å². The number of piperidine rings is 1. The normalized spacial score (nSPS) is 20.3. The number of anilines is 1. The van der Waals surface area contributed by atoms with Crippen molar-refractivity contribution in [2.75, 3.05) is 24.6 Å². The van der Waals surface area contributed by atoms with Crippen molar-refractivity contribution >= 4 is 23.4 Å². The van der Waals surface area contributed by atoms with E-state index < -0.39 is 0 Å². The maximum absolute atomic E-state index is 10.8. The number of nitro groups is 1. The largest absolute Gasteiger partial charge is 0.376 e. The van der Waals surface area contributed by atoms with E-state index in [1.165, 1.54) is 12.8 Å². The van der Waals surface area contributed by atoms with E-state index in [1.807, 2.05) is 0 Å². The number of non-ortho nitro benzene ring substituents is 1. The van der Waals surface area contributed by atoms with E-state index in [-0.39, 0.29) is 16.7 Å². The summed E-state index contributed by atoms with van der Waals surface area (Å²) in [4.78, 5) is 12.8. The molecule has 1 atom stereocenters. The van der Waals surface area contributed by atoms with Gasteiger partial charge in [-0.15, -0.1) is 10.2 Å². The van der Waals surface area contributed by atoms with E-state index in [0.717, 1.165) is 61.7 Å². The monoisotopic (exact) mass is 417 g/mol. The Morgan fingerprint density at radius 2 is 1.97 bits per heavy atom. The lowest BCUT2D eigenvalue weighted by atomic mass is 10.00. The highest BCUT2D eigenvalue weighted by molar-refractivity contribution is 7.98. The van der Waals surface area contributed by atoms with Crippen molar-refractivity contribution in [2.24, 2.45) is 5.92 Å². The number of benzene rings is 1. The average Bonchev–Trinajstić information content (AvgIpc) is 3.38. The van der Waals surface area contributed by atoms with Crippen LogP contribution in [0.5, 0.6) is 0 Å². The van der Waals surface area contributed by atoms with E-state index in [0.29, 0.717) is 5.75 Å². The molecule has 0 amide bonds. The maximum Gasteiger partial charge on any atom is 0.269 e. The first kappa shape index (κ1) is 20.2. The Balaban J connectivity index is 1.49. The van der Waals surface area contributed by atoms with Crippen LogP contribution in [0.3, 0.4) is 0 Å². The van der Waals surface area contributed by atoms with E-state index >= 15 is 0 Å². The summed E-state index contributed by atoms with van der Waals surface area (Å²) < 4.78 is 8.08. The summed E-state index contributed by atoms with van der Waals surface area (Å²) in [6.45, 7) is 5.93. The van der Waals surface area contributed by atoms with Gasteiger partial charge < -0.3 is 9.64 Å². The summed E-state index contributed by atoms with van der Waals surface area (Å²) in [6.07, 6.45) is 4.75. The molecule has 0 bridgehead atoms. The summed E-state index contributed by atoms with van der Waals surface area (Å²) in [7, 11) is 0. The zero-order valence-electron chi connectivity index (χ0n) is 16.7. The molecule has 8 nitrogen and oxygen atoms in total. The topological polar surface area (TPSA) is 86.3 Å². The summed E-state index contributed by atoms with van der Waals surface area (Å²) >= 11 is 1.62. The van der Waals surface area contributed by atoms with Gasteiger partial charge in [0, 0.05) is 37.6 Å². The van der Waals surface area contributed by atoms with Crippen molar-refractivity contribution in [3.63, 3.8) is 0 Å². The maximum atomic E-state index is 10.8. The molecule has 0 N–H and O–H groups in total. The van der Waals surface area contributed by atoms with Gasteiger partial charge in [-0.2, -0.15) is 0 Å². The van der Waals surface area contributed by atoms with Crippen LogP contribution in [-0.4, -0.2) is 45.5 Å². The molecule has 29 heavy (non-hydrogen) atoms. The molecular weight excluding hydrogens is 390 g/mol. The molecule has 1 unspecified atom stereocenters. The number of nitrogens with zero attached hydrogens (tertiary/aromatic N) is 5. The summed E-state index contributed by atoms with van der Waals surface area (Å²) in [6, 6.07) is 6.71. The van der Waals surface area contributed by atoms with Gasteiger partial charge in [-0.05, 0) is 37.2 Å². The Bertz CT molecular complexity index is 827. The molecule has 0 radical (unpaired) electrons. The number of rotatable bonds is 7. The lowest BCUT2D eigenvalue weighted by Gasteiger charge is -2.31. The second-order valence-electron chi connectivity index (χ2n) is 7.91. The molecule has 9 heteroatoms. The number of hydrogen-bond acceptors (Lipinski definition) is 7. The first-order chi connectivity index (χ1) is 14.1. The predicted octanol–water partition coefficient (Wildman–Crippen LogP) is 3.89. The fourth-order valence-electron chi connectivity index (χ4n) is 3.84. The number of ether oxygens (including phenoxy) is 1. The van der Waals surface area contributed by atoms with Crippen LogP contribution in [0, 0.1) is 16.0 Å². The van der Waals surface area contributed by atoms with Gasteiger partial charge in [0.15, 0.2) is 5.16 Å². The van der Waals surface area contributed by atoms with Crippen LogP contribution in [0.4, 0.5) is 11.6 Å². The fourth-order valence-corrected chi connectivity index (χ4v) is 4.74. The third-order valence-electron chi connectivity index (χ3n) is 5.69. The molecule has 1 aromatic carbocycles. The van der Waals surface area contributed by atoms with Gasteiger partial charge in [-0.25, -0.2) is 0 Å². The first-order valence-corrected chi connectivity index (χ1v) is 11.2. The van der Waals surface area contributed by atoms with Crippen molar-refractivity contribution in [1.82, 2.24) is 14.8 Å². The second-order valence-corrected chi connectivity index (χ2v) is 8.85. The predicted molar refractivity (Wildman–Crippen MR) is 112 cm³/mol. The second kappa shape index (κ2) is 9.13. The number of thioether (sulfide) groups is 1. The number of aromatic nitrogens is 3. The van der Waals surface area contributed by atoms with Gasteiger partial charge in [0.1, 0.15) is 0 Å². The van der Waals surface area contributed by atoms with Crippen molar-refractivity contribution in [3.8, 4) is 0 Å². The smallest absolute Gasteiger partial charge is 0.269 e. The van der Waals surface area contributed by atoms with Crippen molar-refractivity contribution < 1.29 is 9.66 Å². The molecule has 2 aliphatic heterocycles. The van der Waals surface area contributed by atoms with Crippen molar-refractivity contribution in [3.05, 3.63) is 39.9 Å². The van der Waals surface area contributed by atoms with E-state index in [1.54, 1.807) is 36.0 Å². The molecule has 0 aliphatic carbocycles. The van der Waals surface area contributed by atoms with Crippen LogP contribution in [0.1, 0.15) is 38.2 Å². The van der Waals surface area contributed by atoms with Crippen molar-refractivity contribution in [1.29, 1.82) is 0 Å². The Morgan fingerprint density at radius 1 is 1.21 bits per heavy atom. The SMILES string of the molecule is CC1CCN(c2nnc(SCc3ccc([N+](=O)[O-])cc3)n2CC2CCCO2)CC1. The highest BCUT2D eigenvalue weighted by Gasteiger charge is 2.26. The molecule has 1 aromatic heterocycles. The molecule has 0 saturated carbocycles. The third kappa shape index (κ3) is 4.90. The van der Waals surface area contributed by atoms with Gasteiger partial charge in [0.25, 0.3) is 5.69 Å². The third-order valence-corrected chi connectivity index (χ3v) is 6.73. The Morgan fingerprint density at radius 3 is 2.62 bits per heavy atom. The van der Waals surface area contributed by atoms with E-state index in [9.17, 15) is 10.1 Å². The lowest BCUT2D eigenvalue weighted by molar-refractivity contribution is -0.384. The zero-order valence-corrected chi connectivity index (χ0v) is 17.5. The first-order valence-electron chi connectivity index (χ1n) is 10.3. The van der Waals surface area contributed by atoms with Gasteiger partial charge >= 0.3 is 0 Å². The molecule has 2 fully saturated rings. The Labute approximate surface area is 174 Å². The van der Waals surface area contributed by atoms with Crippen LogP contribution in [0.25, 0.3) is 0 Å². The minimum Gasteiger partial charge on any atom is -0.376 e. The number of nitro benzene ring substituents is 1. The molecular formula is C20H27N5O3S. The van der Waals surface area contributed by atoms with Crippen LogP contribution in [-0.2, 0) is 17.0 Å². The summed E-state index contributed by atoms with van der Waals surface area (Å²) in [5, 5.41) is 20.7. The molecule has 2 aromatic rings. The molecule has 156 valence electrons. The summed E-state index contributed by atoms with van der Waals surface area (Å²) in [5.74, 6) is 2.40. The zero-order chi connectivity index (χ0) is 20.2. The van der Waals surface area contributed by atoms with Crippen molar-refractivity contribution in [2.45, 2.75) is 56.2 Å². The Kier molecular flexibility index (Phi) is 6.34.